The van der Waals surface area contributed by atoms with Crippen LogP contribution < -0.4 is 0 Å². The van der Waals surface area contributed by atoms with E-state index >= 15 is 0 Å². The van der Waals surface area contributed by atoms with Gasteiger partial charge in [-0.05, 0) is 29.7 Å². The van der Waals surface area contributed by atoms with Gasteiger partial charge in [-0.3, -0.25) is 9.59 Å². The maximum atomic E-state index is 13.9. The topological polar surface area (TPSA) is 49.7 Å². The fourth-order valence-corrected chi connectivity index (χ4v) is 3.08. The number of halogens is 2. The van der Waals surface area contributed by atoms with Gasteiger partial charge in [0.25, 0.3) is 11.8 Å². The number of nitrogens with zero attached hydrogens (tertiary/aromatic N) is 2. The first-order valence-corrected chi connectivity index (χ1v) is 7.84. The summed E-state index contributed by atoms with van der Waals surface area (Å²) in [5.74, 6) is -1.70. The molecule has 0 bridgehead atoms. The maximum absolute atomic E-state index is 13.9. The zero-order chi connectivity index (χ0) is 17.6. The Morgan fingerprint density at radius 1 is 0.920 bits per heavy atom. The smallest absolute Gasteiger partial charge is 0.267 e. The molecular formula is C19H10ClFN2O2. The molecular weight excluding hydrogens is 343 g/mol. The SMILES string of the molecule is O=C1c2cccc3cccc(c23)C(=O)N1/N=C\c1c(F)cccc1Cl. The van der Waals surface area contributed by atoms with Crippen LogP contribution in [0.2, 0.25) is 5.02 Å². The molecule has 0 aliphatic carbocycles. The summed E-state index contributed by atoms with van der Waals surface area (Å²) in [5.41, 5.74) is 0.774. The molecule has 1 aliphatic heterocycles. The molecule has 0 radical (unpaired) electrons. The fraction of sp³-hybridized carbons (Fsp3) is 0. The van der Waals surface area contributed by atoms with Gasteiger partial charge in [0, 0.05) is 10.9 Å². The van der Waals surface area contributed by atoms with Crippen molar-refractivity contribution in [2.75, 3.05) is 0 Å². The van der Waals surface area contributed by atoms with E-state index in [1.807, 2.05) is 12.1 Å². The molecule has 0 atom stereocenters. The van der Waals surface area contributed by atoms with Crippen LogP contribution >= 0.6 is 11.6 Å². The van der Waals surface area contributed by atoms with Gasteiger partial charge in [-0.15, -0.1) is 0 Å². The quantitative estimate of drug-likeness (QED) is 0.511. The van der Waals surface area contributed by atoms with Crippen LogP contribution in [0.4, 0.5) is 4.39 Å². The van der Waals surface area contributed by atoms with E-state index in [1.54, 1.807) is 24.3 Å². The van der Waals surface area contributed by atoms with E-state index in [-0.39, 0.29) is 10.6 Å². The maximum Gasteiger partial charge on any atom is 0.282 e. The second kappa shape index (κ2) is 5.79. The first kappa shape index (κ1) is 15.5. The summed E-state index contributed by atoms with van der Waals surface area (Å²) >= 11 is 5.95. The lowest BCUT2D eigenvalue weighted by Gasteiger charge is -2.23. The minimum Gasteiger partial charge on any atom is -0.267 e. The van der Waals surface area contributed by atoms with Gasteiger partial charge < -0.3 is 0 Å². The Morgan fingerprint density at radius 2 is 1.52 bits per heavy atom. The van der Waals surface area contributed by atoms with E-state index < -0.39 is 17.6 Å². The Hall–Kier alpha value is -3.05. The first-order chi connectivity index (χ1) is 12.1. The van der Waals surface area contributed by atoms with Crippen molar-refractivity contribution in [3.05, 3.63) is 82.1 Å². The van der Waals surface area contributed by atoms with E-state index in [0.717, 1.165) is 16.6 Å². The molecule has 0 aromatic heterocycles. The van der Waals surface area contributed by atoms with Crippen LogP contribution in [-0.2, 0) is 0 Å². The summed E-state index contributed by atoms with van der Waals surface area (Å²) in [5, 5.41) is 6.20. The highest BCUT2D eigenvalue weighted by Crippen LogP contribution is 2.30. The number of hydrogen-bond donors (Lipinski definition) is 0. The van der Waals surface area contributed by atoms with Crippen LogP contribution in [0, 0.1) is 5.82 Å². The Morgan fingerprint density at radius 3 is 2.12 bits per heavy atom. The van der Waals surface area contributed by atoms with Gasteiger partial charge >= 0.3 is 0 Å². The van der Waals surface area contributed by atoms with Crippen LogP contribution in [-0.4, -0.2) is 23.0 Å². The summed E-state index contributed by atoms with van der Waals surface area (Å²) in [7, 11) is 0. The Labute approximate surface area is 147 Å². The lowest BCUT2D eigenvalue weighted by atomic mass is 9.95. The van der Waals surface area contributed by atoms with Crippen molar-refractivity contribution in [1.29, 1.82) is 0 Å². The molecule has 0 unspecified atom stereocenters. The number of imide groups is 1. The average Bonchev–Trinajstić information content (AvgIpc) is 2.61. The standard InChI is InChI=1S/C19H10ClFN2O2/c20-15-8-3-9-16(21)14(15)10-22-23-18(24)12-6-1-4-11-5-2-7-13(17(11)12)19(23)25/h1-10H/b22-10-. The van der Waals surface area contributed by atoms with Crippen molar-refractivity contribution < 1.29 is 14.0 Å². The van der Waals surface area contributed by atoms with Crippen molar-refractivity contribution in [3.63, 3.8) is 0 Å². The van der Waals surface area contributed by atoms with Crippen molar-refractivity contribution in [3.8, 4) is 0 Å². The molecule has 0 fully saturated rings. The van der Waals surface area contributed by atoms with Crippen LogP contribution in [0.5, 0.6) is 0 Å². The van der Waals surface area contributed by atoms with Gasteiger partial charge in [-0.2, -0.15) is 10.1 Å². The molecule has 0 spiro atoms. The number of hydrazone groups is 1. The Kier molecular flexibility index (Phi) is 3.58. The number of hydrogen-bond acceptors (Lipinski definition) is 3. The third kappa shape index (κ3) is 2.40. The number of rotatable bonds is 2. The largest absolute Gasteiger partial charge is 0.282 e. The monoisotopic (exact) mass is 352 g/mol. The molecule has 3 aromatic carbocycles. The van der Waals surface area contributed by atoms with Gasteiger partial charge in [0.1, 0.15) is 5.82 Å². The van der Waals surface area contributed by atoms with Crippen molar-refractivity contribution >= 4 is 40.4 Å². The molecule has 0 saturated heterocycles. The van der Waals surface area contributed by atoms with E-state index in [0.29, 0.717) is 16.5 Å². The van der Waals surface area contributed by atoms with Gasteiger partial charge in [-0.1, -0.05) is 41.9 Å². The fourth-order valence-electron chi connectivity index (χ4n) is 2.87. The van der Waals surface area contributed by atoms with Crippen LogP contribution in [0.25, 0.3) is 10.8 Å². The van der Waals surface area contributed by atoms with E-state index in [2.05, 4.69) is 5.10 Å². The van der Waals surface area contributed by atoms with Crippen molar-refractivity contribution in [1.82, 2.24) is 5.01 Å². The summed E-state index contributed by atoms with van der Waals surface area (Å²) < 4.78 is 13.9. The van der Waals surface area contributed by atoms with Gasteiger partial charge in [0.2, 0.25) is 0 Å². The number of carbonyl (C=O) groups is 2. The average molecular weight is 353 g/mol. The Balaban J connectivity index is 1.82. The van der Waals surface area contributed by atoms with Crippen LogP contribution in [0.1, 0.15) is 26.3 Å². The van der Waals surface area contributed by atoms with E-state index in [1.165, 1.54) is 18.2 Å². The second-order valence-corrected chi connectivity index (χ2v) is 5.92. The minimum absolute atomic E-state index is 0.0156. The van der Waals surface area contributed by atoms with Crippen molar-refractivity contribution in [2.24, 2.45) is 5.10 Å². The molecule has 0 N–H and O–H groups in total. The third-order valence-electron chi connectivity index (χ3n) is 4.05. The highest BCUT2D eigenvalue weighted by Gasteiger charge is 2.32. The number of amides is 2. The highest BCUT2D eigenvalue weighted by atomic mass is 35.5. The molecule has 3 aromatic rings. The summed E-state index contributed by atoms with van der Waals surface area (Å²) in [4.78, 5) is 25.3. The molecule has 4 rings (SSSR count). The number of benzene rings is 3. The summed E-state index contributed by atoms with van der Waals surface area (Å²) in [6.45, 7) is 0. The molecule has 1 heterocycles. The van der Waals surface area contributed by atoms with Gasteiger partial charge in [0.15, 0.2) is 0 Å². The predicted octanol–water partition coefficient (Wildman–Crippen LogP) is 4.26. The van der Waals surface area contributed by atoms with Crippen molar-refractivity contribution in [2.45, 2.75) is 0 Å². The van der Waals surface area contributed by atoms with Crippen LogP contribution in [0.15, 0.2) is 59.7 Å². The summed E-state index contributed by atoms with van der Waals surface area (Å²) in [6, 6.07) is 14.6. The van der Waals surface area contributed by atoms with E-state index in [9.17, 15) is 14.0 Å². The zero-order valence-corrected chi connectivity index (χ0v) is 13.5. The molecule has 6 heteroatoms. The normalized spacial score (nSPS) is 13.9. The lowest BCUT2D eigenvalue weighted by molar-refractivity contribution is 0.0616. The van der Waals surface area contributed by atoms with Gasteiger partial charge in [-0.25, -0.2) is 4.39 Å². The lowest BCUT2D eigenvalue weighted by Crippen LogP contribution is -2.36. The molecule has 1 aliphatic rings. The number of carbonyl (C=O) groups excluding carboxylic acids is 2. The molecule has 0 saturated carbocycles. The zero-order valence-electron chi connectivity index (χ0n) is 12.7. The molecule has 122 valence electrons. The predicted molar refractivity (Wildman–Crippen MR) is 93.5 cm³/mol. The minimum atomic E-state index is -0.587. The second-order valence-electron chi connectivity index (χ2n) is 5.51. The highest BCUT2D eigenvalue weighted by molar-refractivity contribution is 6.33. The molecule has 25 heavy (non-hydrogen) atoms. The Bertz CT molecular complexity index is 1010. The van der Waals surface area contributed by atoms with Crippen LogP contribution in [0.3, 0.4) is 0 Å². The first-order valence-electron chi connectivity index (χ1n) is 7.46. The summed E-state index contributed by atoms with van der Waals surface area (Å²) in [6.07, 6.45) is 1.08. The van der Waals surface area contributed by atoms with E-state index in [4.69, 9.17) is 11.6 Å². The molecule has 4 nitrogen and oxygen atoms in total. The third-order valence-corrected chi connectivity index (χ3v) is 4.38. The van der Waals surface area contributed by atoms with Gasteiger partial charge in [0.05, 0.1) is 22.4 Å². The molecule has 2 amide bonds.